The molecule has 2 nitrogen and oxygen atoms in total. The molecule has 0 aliphatic heterocycles. The number of aryl methyl sites for hydroxylation is 1. The molecule has 0 fully saturated rings. The summed E-state index contributed by atoms with van der Waals surface area (Å²) in [5, 5.41) is 3.32. The van der Waals surface area contributed by atoms with Crippen molar-refractivity contribution in [2.45, 2.75) is 19.4 Å². The monoisotopic (exact) mass is 215 g/mol. The normalized spacial score (nSPS) is 12.6. The third kappa shape index (κ3) is 2.34. The average molecular weight is 215 g/mol. The molecule has 0 saturated carbocycles. The van der Waals surface area contributed by atoms with Crippen LogP contribution in [0.3, 0.4) is 0 Å². The topological polar surface area (TPSA) is 25.2 Å². The predicted molar refractivity (Wildman–Crippen MR) is 65.4 cm³/mol. The number of hydrogen-bond acceptors (Lipinski definition) is 2. The molecule has 1 unspecified atom stereocenters. The minimum Gasteiger partial charge on any atom is -0.472 e. The number of furan rings is 1. The van der Waals surface area contributed by atoms with Gasteiger partial charge in [-0.15, -0.1) is 0 Å². The van der Waals surface area contributed by atoms with E-state index in [-0.39, 0.29) is 0 Å². The molecule has 1 aromatic heterocycles. The van der Waals surface area contributed by atoms with Gasteiger partial charge in [0.15, 0.2) is 0 Å². The highest BCUT2D eigenvalue weighted by molar-refractivity contribution is 5.28. The van der Waals surface area contributed by atoms with Crippen LogP contribution in [-0.2, 0) is 6.42 Å². The maximum Gasteiger partial charge on any atom is 0.0950 e. The molecule has 84 valence electrons. The zero-order chi connectivity index (χ0) is 11.4. The molecule has 0 amide bonds. The average Bonchev–Trinajstić information content (AvgIpc) is 2.81. The van der Waals surface area contributed by atoms with E-state index in [0.717, 1.165) is 6.42 Å². The molecule has 2 aromatic rings. The first-order chi connectivity index (χ1) is 7.81. The van der Waals surface area contributed by atoms with Gasteiger partial charge in [0.05, 0.1) is 12.5 Å². The number of hydrogen-bond donors (Lipinski definition) is 1. The number of nitrogens with one attached hydrogen (secondary N) is 1. The van der Waals surface area contributed by atoms with Crippen molar-refractivity contribution in [2.24, 2.45) is 0 Å². The Bertz CT molecular complexity index is 434. The molecule has 2 rings (SSSR count). The zero-order valence-electron chi connectivity index (χ0n) is 9.73. The quantitative estimate of drug-likeness (QED) is 0.847. The summed E-state index contributed by atoms with van der Waals surface area (Å²) in [5.41, 5.74) is 3.92. The summed E-state index contributed by atoms with van der Waals surface area (Å²) in [6.07, 6.45) is 4.51. The van der Waals surface area contributed by atoms with Crippen LogP contribution in [0.2, 0.25) is 0 Å². The van der Waals surface area contributed by atoms with Crippen molar-refractivity contribution < 1.29 is 4.42 Å². The summed E-state index contributed by atoms with van der Waals surface area (Å²) in [6, 6.07) is 10.8. The number of likely N-dealkylation sites (N-methyl/N-ethyl adjacent to an activating group) is 1. The van der Waals surface area contributed by atoms with Crippen LogP contribution in [0, 0.1) is 6.92 Å². The van der Waals surface area contributed by atoms with Gasteiger partial charge >= 0.3 is 0 Å². The van der Waals surface area contributed by atoms with Crippen LogP contribution in [0.1, 0.15) is 22.7 Å². The van der Waals surface area contributed by atoms with Crippen LogP contribution in [0.15, 0.2) is 47.3 Å². The second kappa shape index (κ2) is 4.99. The Morgan fingerprint density at radius 2 is 2.06 bits per heavy atom. The predicted octanol–water partition coefficient (Wildman–Crippen LogP) is 3.09. The lowest BCUT2D eigenvalue weighted by molar-refractivity contribution is 0.542. The van der Waals surface area contributed by atoms with E-state index in [1.807, 2.05) is 13.1 Å². The van der Waals surface area contributed by atoms with E-state index in [1.54, 1.807) is 12.5 Å². The summed E-state index contributed by atoms with van der Waals surface area (Å²) in [7, 11) is 1.98. The van der Waals surface area contributed by atoms with Crippen LogP contribution in [0.4, 0.5) is 0 Å². The van der Waals surface area contributed by atoms with Crippen molar-refractivity contribution in [3.05, 3.63) is 59.5 Å². The van der Waals surface area contributed by atoms with Crippen molar-refractivity contribution in [3.8, 4) is 0 Å². The second-order valence-electron chi connectivity index (χ2n) is 4.03. The van der Waals surface area contributed by atoms with Gasteiger partial charge in [-0.1, -0.05) is 24.3 Å². The van der Waals surface area contributed by atoms with Gasteiger partial charge in [0, 0.05) is 11.6 Å². The first-order valence-corrected chi connectivity index (χ1v) is 5.55. The van der Waals surface area contributed by atoms with E-state index in [1.165, 1.54) is 16.7 Å². The highest BCUT2D eigenvalue weighted by Gasteiger charge is 2.11. The van der Waals surface area contributed by atoms with Gasteiger partial charge in [-0.3, -0.25) is 0 Å². The van der Waals surface area contributed by atoms with Crippen LogP contribution in [0.5, 0.6) is 0 Å². The Kier molecular flexibility index (Phi) is 3.42. The van der Waals surface area contributed by atoms with Gasteiger partial charge in [0.25, 0.3) is 0 Å². The fourth-order valence-corrected chi connectivity index (χ4v) is 1.92. The molecule has 0 spiro atoms. The first-order valence-electron chi connectivity index (χ1n) is 5.55. The molecule has 0 aliphatic rings. The molecule has 1 aromatic carbocycles. The summed E-state index contributed by atoms with van der Waals surface area (Å²) in [4.78, 5) is 0. The fourth-order valence-electron chi connectivity index (χ4n) is 1.92. The van der Waals surface area contributed by atoms with E-state index in [0.29, 0.717) is 6.04 Å². The highest BCUT2D eigenvalue weighted by Crippen LogP contribution is 2.20. The van der Waals surface area contributed by atoms with Gasteiger partial charge < -0.3 is 9.73 Å². The first kappa shape index (κ1) is 11.0. The van der Waals surface area contributed by atoms with Crippen molar-refractivity contribution in [3.63, 3.8) is 0 Å². The van der Waals surface area contributed by atoms with Crippen molar-refractivity contribution in [1.29, 1.82) is 0 Å². The minimum atomic E-state index is 0.319. The lowest BCUT2D eigenvalue weighted by Crippen LogP contribution is -2.18. The number of benzene rings is 1. The van der Waals surface area contributed by atoms with Gasteiger partial charge in [-0.05, 0) is 37.6 Å². The van der Waals surface area contributed by atoms with E-state index in [4.69, 9.17) is 4.42 Å². The van der Waals surface area contributed by atoms with Crippen LogP contribution >= 0.6 is 0 Å². The smallest absolute Gasteiger partial charge is 0.0950 e. The van der Waals surface area contributed by atoms with Crippen molar-refractivity contribution in [1.82, 2.24) is 5.32 Å². The maximum atomic E-state index is 5.13. The molecular formula is C14H17NO. The molecule has 1 heterocycles. The third-order valence-corrected chi connectivity index (χ3v) is 2.98. The highest BCUT2D eigenvalue weighted by atomic mass is 16.3. The zero-order valence-corrected chi connectivity index (χ0v) is 9.73. The SMILES string of the molecule is CNC(Cc1ccccc1C)c1ccoc1. The molecule has 1 N–H and O–H groups in total. The summed E-state index contributed by atoms with van der Waals surface area (Å²) >= 11 is 0. The summed E-state index contributed by atoms with van der Waals surface area (Å²) in [6.45, 7) is 2.15. The Morgan fingerprint density at radius 1 is 1.25 bits per heavy atom. The number of rotatable bonds is 4. The van der Waals surface area contributed by atoms with Crippen LogP contribution in [0.25, 0.3) is 0 Å². The molecule has 0 bridgehead atoms. The third-order valence-electron chi connectivity index (χ3n) is 2.98. The van der Waals surface area contributed by atoms with Crippen LogP contribution in [-0.4, -0.2) is 7.05 Å². The van der Waals surface area contributed by atoms with E-state index >= 15 is 0 Å². The Labute approximate surface area is 96.3 Å². The minimum absolute atomic E-state index is 0.319. The molecule has 16 heavy (non-hydrogen) atoms. The largest absolute Gasteiger partial charge is 0.472 e. The van der Waals surface area contributed by atoms with Crippen molar-refractivity contribution >= 4 is 0 Å². The van der Waals surface area contributed by atoms with Crippen LogP contribution < -0.4 is 5.32 Å². The summed E-state index contributed by atoms with van der Waals surface area (Å²) < 4.78 is 5.13. The molecule has 1 atom stereocenters. The van der Waals surface area contributed by atoms with Gasteiger partial charge in [-0.25, -0.2) is 0 Å². The van der Waals surface area contributed by atoms with Gasteiger partial charge in [0.2, 0.25) is 0 Å². The van der Waals surface area contributed by atoms with E-state index in [9.17, 15) is 0 Å². The molecule has 2 heteroatoms. The molecule has 0 saturated heterocycles. The lowest BCUT2D eigenvalue weighted by atomic mass is 9.98. The second-order valence-corrected chi connectivity index (χ2v) is 4.03. The van der Waals surface area contributed by atoms with E-state index in [2.05, 4.69) is 36.5 Å². The Hall–Kier alpha value is -1.54. The van der Waals surface area contributed by atoms with Gasteiger partial charge in [-0.2, -0.15) is 0 Å². The Balaban J connectivity index is 2.17. The van der Waals surface area contributed by atoms with Gasteiger partial charge in [0.1, 0.15) is 0 Å². The molecule has 0 aliphatic carbocycles. The molecule has 0 radical (unpaired) electrons. The Morgan fingerprint density at radius 3 is 2.69 bits per heavy atom. The fraction of sp³-hybridized carbons (Fsp3) is 0.286. The summed E-state index contributed by atoms with van der Waals surface area (Å²) in [5.74, 6) is 0. The maximum absolute atomic E-state index is 5.13. The van der Waals surface area contributed by atoms with E-state index < -0.39 is 0 Å². The lowest BCUT2D eigenvalue weighted by Gasteiger charge is -2.15. The standard InChI is InChI=1S/C14H17NO/c1-11-5-3-4-6-12(11)9-14(15-2)13-7-8-16-10-13/h3-8,10,14-15H,9H2,1-2H3. The molecular weight excluding hydrogens is 198 g/mol. The van der Waals surface area contributed by atoms with Crippen molar-refractivity contribution in [2.75, 3.05) is 7.05 Å².